The monoisotopic (exact) mass is 584 g/mol. The van der Waals surface area contributed by atoms with Crippen molar-refractivity contribution in [3.05, 3.63) is 115 Å². The van der Waals surface area contributed by atoms with Crippen LogP contribution in [0.25, 0.3) is 33.1 Å². The van der Waals surface area contributed by atoms with E-state index < -0.39 is 0 Å². The molecule has 0 spiro atoms. The molecule has 3 aromatic heterocycles. The van der Waals surface area contributed by atoms with Gasteiger partial charge in [-0.1, -0.05) is 18.2 Å². The Morgan fingerprint density at radius 3 is 1.93 bits per heavy atom. The van der Waals surface area contributed by atoms with Crippen molar-refractivity contribution in [3.8, 4) is 33.1 Å². The largest absolute Gasteiger partial charge is 0.305 e. The van der Waals surface area contributed by atoms with Crippen molar-refractivity contribution in [2.75, 3.05) is 0 Å². The molecule has 0 amide bonds. The van der Waals surface area contributed by atoms with E-state index >= 15 is 0 Å². The van der Waals surface area contributed by atoms with Gasteiger partial charge < -0.3 is 9.97 Å². The Labute approximate surface area is 193 Å². The van der Waals surface area contributed by atoms with Crippen molar-refractivity contribution in [2.45, 2.75) is 0 Å². The van der Waals surface area contributed by atoms with Gasteiger partial charge in [0.15, 0.2) is 0 Å². The molecule has 3 heterocycles. The van der Waals surface area contributed by atoms with Gasteiger partial charge in [0.2, 0.25) is 0 Å². The molecule has 0 aliphatic carbocycles. The van der Waals surface area contributed by atoms with Crippen LogP contribution >= 0.6 is 11.3 Å². The SMILES string of the molecule is [Ir].[c-]1ccccc1-c1cc(-c2nccs2)ccn1.[c-]1ccccc1-c1ccccn1. The molecule has 0 aliphatic heterocycles. The first kappa shape index (κ1) is 21.7. The average molecular weight is 584 g/mol. The summed E-state index contributed by atoms with van der Waals surface area (Å²) in [5.41, 5.74) is 5.04. The smallest absolute Gasteiger partial charge is 0.122 e. The van der Waals surface area contributed by atoms with Crippen molar-refractivity contribution in [2.24, 2.45) is 0 Å². The Bertz CT molecular complexity index is 1100. The van der Waals surface area contributed by atoms with E-state index in [4.69, 9.17) is 0 Å². The van der Waals surface area contributed by atoms with Crippen LogP contribution in [-0.4, -0.2) is 15.0 Å². The second-order valence-electron chi connectivity index (χ2n) is 6.03. The van der Waals surface area contributed by atoms with E-state index in [9.17, 15) is 0 Å². The minimum absolute atomic E-state index is 0. The number of rotatable bonds is 3. The van der Waals surface area contributed by atoms with Crippen molar-refractivity contribution in [1.82, 2.24) is 15.0 Å². The summed E-state index contributed by atoms with van der Waals surface area (Å²) in [7, 11) is 0. The van der Waals surface area contributed by atoms with Gasteiger partial charge in [-0.3, -0.25) is 0 Å². The van der Waals surface area contributed by atoms with Crippen molar-refractivity contribution < 1.29 is 20.1 Å². The number of hydrogen-bond acceptors (Lipinski definition) is 4. The molecule has 3 nitrogen and oxygen atoms in total. The molecule has 0 saturated heterocycles. The van der Waals surface area contributed by atoms with Crippen LogP contribution in [0.3, 0.4) is 0 Å². The number of hydrogen-bond donors (Lipinski definition) is 0. The predicted molar refractivity (Wildman–Crippen MR) is 118 cm³/mol. The van der Waals surface area contributed by atoms with Gasteiger partial charge in [0.1, 0.15) is 5.01 Å². The van der Waals surface area contributed by atoms with Crippen LogP contribution in [0, 0.1) is 12.1 Å². The summed E-state index contributed by atoms with van der Waals surface area (Å²) in [4.78, 5) is 12.9. The Morgan fingerprint density at radius 2 is 1.33 bits per heavy atom. The standard InChI is InChI=1S/C14H9N2S.C11H8N.Ir/c1-2-4-11(5-3-1)13-10-12(6-7-15-13)14-16-8-9-17-14;1-2-6-10(7-3-1)11-8-4-5-9-12-11;/h1-4,6-10H;1-6,8-9H;/q2*-1;. The van der Waals surface area contributed by atoms with E-state index in [-0.39, 0.29) is 20.1 Å². The molecule has 0 N–H and O–H groups in total. The molecular weight excluding hydrogens is 567 g/mol. The molecule has 0 bridgehead atoms. The zero-order valence-electron chi connectivity index (χ0n) is 15.9. The maximum Gasteiger partial charge on any atom is 0.122 e. The van der Waals surface area contributed by atoms with E-state index in [0.29, 0.717) is 0 Å². The summed E-state index contributed by atoms with van der Waals surface area (Å²) in [6, 6.07) is 31.9. The molecule has 5 heteroatoms. The van der Waals surface area contributed by atoms with Crippen LogP contribution in [0.15, 0.2) is 103 Å². The topological polar surface area (TPSA) is 38.7 Å². The van der Waals surface area contributed by atoms with Crippen molar-refractivity contribution in [3.63, 3.8) is 0 Å². The molecule has 0 saturated carbocycles. The fourth-order valence-electron chi connectivity index (χ4n) is 2.70. The van der Waals surface area contributed by atoms with Crippen molar-refractivity contribution >= 4 is 11.3 Å². The van der Waals surface area contributed by atoms with Gasteiger partial charge in [0.25, 0.3) is 0 Å². The maximum atomic E-state index is 4.37. The second-order valence-corrected chi connectivity index (χ2v) is 6.93. The summed E-state index contributed by atoms with van der Waals surface area (Å²) in [5.74, 6) is 0. The molecule has 30 heavy (non-hydrogen) atoms. The zero-order chi connectivity index (χ0) is 19.7. The quantitative estimate of drug-likeness (QED) is 0.237. The summed E-state index contributed by atoms with van der Waals surface area (Å²) >= 11 is 1.63. The first-order chi connectivity index (χ1) is 14.4. The zero-order valence-corrected chi connectivity index (χ0v) is 19.1. The first-order valence-electron chi connectivity index (χ1n) is 9.11. The third-order valence-electron chi connectivity index (χ3n) is 4.07. The Morgan fingerprint density at radius 1 is 0.633 bits per heavy atom. The van der Waals surface area contributed by atoms with Crippen LogP contribution in [0.4, 0.5) is 0 Å². The van der Waals surface area contributed by atoms with Crippen LogP contribution in [0.2, 0.25) is 0 Å². The van der Waals surface area contributed by atoms with Gasteiger partial charge in [0.05, 0.1) is 0 Å². The van der Waals surface area contributed by atoms with Crippen LogP contribution < -0.4 is 0 Å². The molecular formula is C25H17IrN3S-2. The van der Waals surface area contributed by atoms with Gasteiger partial charge in [-0.25, -0.2) is 4.98 Å². The maximum absolute atomic E-state index is 4.37. The molecule has 0 unspecified atom stereocenters. The Kier molecular flexibility index (Phi) is 8.16. The number of thiazole rings is 1. The van der Waals surface area contributed by atoms with Gasteiger partial charge >= 0.3 is 0 Å². The summed E-state index contributed by atoms with van der Waals surface area (Å²) in [5, 5.41) is 2.99. The van der Waals surface area contributed by atoms with Crippen molar-refractivity contribution in [1.29, 1.82) is 0 Å². The molecule has 0 atom stereocenters. The van der Waals surface area contributed by atoms with Crippen LogP contribution in [0.5, 0.6) is 0 Å². The van der Waals surface area contributed by atoms with Gasteiger partial charge in [-0.05, 0) is 23.5 Å². The molecule has 149 valence electrons. The molecule has 1 radical (unpaired) electrons. The predicted octanol–water partition coefficient (Wildman–Crippen LogP) is 6.22. The first-order valence-corrected chi connectivity index (χ1v) is 9.99. The van der Waals surface area contributed by atoms with Gasteiger partial charge in [0, 0.05) is 49.6 Å². The Balaban J connectivity index is 0.000000175. The third kappa shape index (κ3) is 5.77. The number of nitrogens with zero attached hydrogens (tertiary/aromatic N) is 3. The molecule has 0 aliphatic rings. The van der Waals surface area contributed by atoms with E-state index in [1.54, 1.807) is 17.5 Å². The number of benzene rings is 2. The van der Waals surface area contributed by atoms with E-state index in [2.05, 4.69) is 27.1 Å². The second kappa shape index (κ2) is 11.3. The summed E-state index contributed by atoms with van der Waals surface area (Å²) in [6.07, 6.45) is 5.41. The third-order valence-corrected chi connectivity index (χ3v) is 4.90. The van der Waals surface area contributed by atoms with E-state index in [1.165, 1.54) is 0 Å². The molecule has 5 rings (SSSR count). The van der Waals surface area contributed by atoms with Gasteiger partial charge in [-0.15, -0.1) is 83.1 Å². The fraction of sp³-hybridized carbons (Fsp3) is 0. The van der Waals surface area contributed by atoms with Crippen LogP contribution in [0.1, 0.15) is 0 Å². The van der Waals surface area contributed by atoms with E-state index in [1.807, 2.05) is 96.6 Å². The normalized spacial score (nSPS) is 9.73. The molecule has 2 aromatic carbocycles. The average Bonchev–Trinajstić information content (AvgIpc) is 3.37. The van der Waals surface area contributed by atoms with Crippen LogP contribution in [-0.2, 0) is 20.1 Å². The minimum Gasteiger partial charge on any atom is -0.305 e. The summed E-state index contributed by atoms with van der Waals surface area (Å²) in [6.45, 7) is 0. The number of pyridine rings is 2. The Hall–Kier alpha value is -2.98. The number of aromatic nitrogens is 3. The van der Waals surface area contributed by atoms with Gasteiger partial charge in [-0.2, -0.15) is 0 Å². The molecule has 0 fully saturated rings. The fourth-order valence-corrected chi connectivity index (χ4v) is 3.34. The van der Waals surface area contributed by atoms with E-state index in [0.717, 1.165) is 33.1 Å². The minimum atomic E-state index is 0. The molecule has 5 aromatic rings. The summed E-state index contributed by atoms with van der Waals surface area (Å²) < 4.78 is 0.